The lowest BCUT2D eigenvalue weighted by molar-refractivity contribution is 0.669. The largest absolute Gasteiger partial charge is 0.455 e. The topological polar surface area (TPSA) is 44.4 Å². The highest BCUT2D eigenvalue weighted by Gasteiger charge is 2.26. The van der Waals surface area contributed by atoms with Crippen LogP contribution in [-0.2, 0) is 0 Å². The van der Waals surface area contributed by atoms with E-state index in [1.54, 1.807) is 0 Å². The maximum absolute atomic E-state index is 6.70. The Morgan fingerprint density at radius 2 is 0.453 bits per heavy atom. The van der Waals surface area contributed by atoms with Crippen LogP contribution in [0.3, 0.4) is 0 Å². The van der Waals surface area contributed by atoms with Crippen molar-refractivity contribution in [2.45, 2.75) is 0 Å². The van der Waals surface area contributed by atoms with Crippen LogP contribution in [0, 0.1) is 0 Å². The first-order valence-corrected chi connectivity index (χ1v) is 36.4. The van der Waals surface area contributed by atoms with Crippen LogP contribution in [-0.4, -0.2) is 4.57 Å². The molecule has 0 N–H and O–H groups in total. The van der Waals surface area contributed by atoms with Crippen molar-refractivity contribution < 1.29 is 13.3 Å². The minimum atomic E-state index is 0.896. The van der Waals surface area contributed by atoms with Gasteiger partial charge in [-0.2, -0.15) is 0 Å². The number of furan rings is 3. The van der Waals surface area contributed by atoms with Crippen molar-refractivity contribution >= 4 is 152 Å². The molecule has 23 rings (SSSR count). The number of para-hydroxylation sites is 9. The van der Waals surface area contributed by atoms with Gasteiger partial charge in [-0.1, -0.05) is 322 Å². The van der Waals surface area contributed by atoms with Crippen molar-refractivity contribution in [2.75, 3.05) is 0 Å². The highest BCUT2D eigenvalue weighted by atomic mass is 16.3. The van der Waals surface area contributed by atoms with Gasteiger partial charge in [-0.05, 0) is 152 Å². The molecule has 492 valence electrons. The summed E-state index contributed by atoms with van der Waals surface area (Å²) >= 11 is 0. The summed E-state index contributed by atoms with van der Waals surface area (Å²) in [4.78, 5) is 0. The normalized spacial score (nSPS) is 12.0. The molecule has 0 aliphatic rings. The second-order valence-corrected chi connectivity index (χ2v) is 27.9. The number of benzene rings is 19. The lowest BCUT2D eigenvalue weighted by Crippen LogP contribution is -1.96. The Morgan fingerprint density at radius 1 is 0.170 bits per heavy atom. The molecule has 106 heavy (non-hydrogen) atoms. The number of nitrogens with zero attached hydrogens (tertiary/aromatic N) is 1. The SMILES string of the molecule is c1ccc(-n2c3ccccc3c3cccc(-c4c5cccc(-c6cccc7ccccc67)c5cc5c(-c6cccc7c6oc6ccccc67)cccc45)c32)cc1.c1ccc2c(-c3cccc4c(-c5cccc6c5oc5ccccc56)c5cccc(-c6cccc7c6oc6ccccc67)c5cc34)cccc2c1. The minimum Gasteiger partial charge on any atom is -0.455 e. The number of aromatic nitrogens is 1. The Kier molecular flexibility index (Phi) is 13.4. The molecular weight excluding hydrogens is 1290 g/mol. The number of hydrogen-bond donors (Lipinski definition) is 0. The van der Waals surface area contributed by atoms with Crippen molar-refractivity contribution in [2.24, 2.45) is 0 Å². The zero-order valence-corrected chi connectivity index (χ0v) is 57.4. The van der Waals surface area contributed by atoms with Crippen molar-refractivity contribution in [1.82, 2.24) is 4.57 Å². The molecular formula is C102H61NO3. The predicted octanol–water partition coefficient (Wildman–Crippen LogP) is 29.1. The van der Waals surface area contributed by atoms with Gasteiger partial charge in [0.05, 0.1) is 11.0 Å². The molecule has 4 heteroatoms. The molecule has 0 radical (unpaired) electrons. The Hall–Kier alpha value is -14.1. The monoisotopic (exact) mass is 1350 g/mol. The Morgan fingerprint density at radius 3 is 0.906 bits per heavy atom. The summed E-state index contributed by atoms with van der Waals surface area (Å²) in [5, 5.41) is 23.8. The zero-order valence-electron chi connectivity index (χ0n) is 57.4. The fourth-order valence-corrected chi connectivity index (χ4v) is 17.7. The molecule has 0 amide bonds. The molecule has 0 atom stereocenters. The van der Waals surface area contributed by atoms with E-state index >= 15 is 0 Å². The van der Waals surface area contributed by atoms with Gasteiger partial charge in [0.2, 0.25) is 0 Å². The van der Waals surface area contributed by atoms with E-state index in [0.29, 0.717) is 0 Å². The van der Waals surface area contributed by atoms with Crippen LogP contribution in [0.2, 0.25) is 0 Å². The Balaban J connectivity index is 0.000000133. The van der Waals surface area contributed by atoms with E-state index in [0.717, 1.165) is 99.3 Å². The Bertz CT molecular complexity index is 7580. The van der Waals surface area contributed by atoms with E-state index in [1.807, 2.05) is 18.2 Å². The van der Waals surface area contributed by atoms with Crippen LogP contribution >= 0.6 is 0 Å². The molecule has 0 aliphatic carbocycles. The van der Waals surface area contributed by atoms with Gasteiger partial charge in [0.25, 0.3) is 0 Å². The minimum absolute atomic E-state index is 0.896. The van der Waals surface area contributed by atoms with E-state index < -0.39 is 0 Å². The van der Waals surface area contributed by atoms with Gasteiger partial charge in [0.1, 0.15) is 33.5 Å². The van der Waals surface area contributed by atoms with Crippen LogP contribution < -0.4 is 0 Å². The van der Waals surface area contributed by atoms with Crippen LogP contribution in [0.4, 0.5) is 0 Å². The third-order valence-electron chi connectivity index (χ3n) is 22.3. The lowest BCUT2D eigenvalue weighted by Gasteiger charge is -2.19. The van der Waals surface area contributed by atoms with Crippen molar-refractivity contribution in [3.63, 3.8) is 0 Å². The second kappa shape index (κ2) is 23.8. The summed E-state index contributed by atoms with van der Waals surface area (Å²) in [6.45, 7) is 0. The van der Waals surface area contributed by atoms with Gasteiger partial charge in [0.15, 0.2) is 0 Å². The summed E-state index contributed by atoms with van der Waals surface area (Å²) in [6.07, 6.45) is 0. The number of rotatable bonds is 7. The van der Waals surface area contributed by atoms with E-state index in [9.17, 15) is 0 Å². The molecule has 0 spiro atoms. The molecule has 0 bridgehead atoms. The molecule has 0 saturated heterocycles. The van der Waals surface area contributed by atoms with E-state index in [-0.39, 0.29) is 0 Å². The molecule has 19 aromatic carbocycles. The predicted molar refractivity (Wildman–Crippen MR) is 447 cm³/mol. The quantitative estimate of drug-likeness (QED) is 0.149. The summed E-state index contributed by atoms with van der Waals surface area (Å²) in [6, 6.07) is 134. The standard InChI is InChI=1S/C54H33NO.C48H28O2/c1-2-17-35(18-3-1)55-50-31-8-6-20-40(50)44-27-13-30-47(53(44)55)52-42-25-11-23-38(37-22-10-16-34-15-4-5-19-36(34)37)48(42)33-49-39(24-12-26-43(49)52)45-28-14-29-46-41-21-7-9-32-51(41)56-54(45)46;1-2-14-30-29(12-1)13-7-17-31(30)32-18-8-20-36-42(32)28-43-33(38-22-10-23-39-34-15-3-5-26-44(34)49-47(38)39)19-9-21-37(43)46(36)41-25-11-24-40-35-16-4-6-27-45(35)50-48(40)41/h1-33H;1-28H. The summed E-state index contributed by atoms with van der Waals surface area (Å²) in [5.74, 6) is 0. The number of hydrogen-bond acceptors (Lipinski definition) is 3. The third kappa shape index (κ3) is 9.08. The van der Waals surface area contributed by atoms with Crippen molar-refractivity contribution in [3.8, 4) is 72.4 Å². The third-order valence-corrected chi connectivity index (χ3v) is 22.3. The maximum atomic E-state index is 6.70. The molecule has 23 aromatic rings. The molecule has 0 saturated carbocycles. The Labute approximate surface area is 608 Å². The highest BCUT2D eigenvalue weighted by molar-refractivity contribution is 6.27. The molecule has 4 aromatic heterocycles. The van der Waals surface area contributed by atoms with Gasteiger partial charge in [0, 0.05) is 76.6 Å². The fourth-order valence-electron chi connectivity index (χ4n) is 17.7. The summed E-state index contributed by atoms with van der Waals surface area (Å²) in [5.41, 5.74) is 23.0. The maximum Gasteiger partial charge on any atom is 0.143 e. The van der Waals surface area contributed by atoms with Gasteiger partial charge in [-0.3, -0.25) is 0 Å². The van der Waals surface area contributed by atoms with Crippen LogP contribution in [0.25, 0.3) is 225 Å². The van der Waals surface area contributed by atoms with E-state index in [1.165, 1.54) is 125 Å². The fraction of sp³-hybridized carbons (Fsp3) is 0. The summed E-state index contributed by atoms with van der Waals surface area (Å²) in [7, 11) is 0. The first-order valence-electron chi connectivity index (χ1n) is 36.4. The average molecular weight is 1350 g/mol. The summed E-state index contributed by atoms with van der Waals surface area (Å²) < 4.78 is 22.4. The highest BCUT2D eigenvalue weighted by Crippen LogP contribution is 2.52. The molecule has 4 nitrogen and oxygen atoms in total. The lowest BCUT2D eigenvalue weighted by atomic mass is 9.85. The molecule has 4 heterocycles. The smallest absolute Gasteiger partial charge is 0.143 e. The van der Waals surface area contributed by atoms with Crippen LogP contribution in [0.15, 0.2) is 383 Å². The van der Waals surface area contributed by atoms with Gasteiger partial charge in [-0.15, -0.1) is 0 Å². The van der Waals surface area contributed by atoms with Gasteiger partial charge < -0.3 is 17.8 Å². The van der Waals surface area contributed by atoms with Crippen molar-refractivity contribution in [3.05, 3.63) is 370 Å². The van der Waals surface area contributed by atoms with E-state index in [4.69, 9.17) is 13.3 Å². The average Bonchev–Trinajstić information content (AvgIpc) is 1.56. The van der Waals surface area contributed by atoms with Crippen molar-refractivity contribution in [1.29, 1.82) is 0 Å². The van der Waals surface area contributed by atoms with E-state index in [2.05, 4.69) is 356 Å². The van der Waals surface area contributed by atoms with Gasteiger partial charge in [-0.25, -0.2) is 0 Å². The molecule has 0 unspecified atom stereocenters. The molecule has 0 fully saturated rings. The first kappa shape index (κ1) is 59.6. The van der Waals surface area contributed by atoms with Crippen LogP contribution in [0.1, 0.15) is 0 Å². The second-order valence-electron chi connectivity index (χ2n) is 27.9. The number of fused-ring (bicyclic) bond motifs is 18. The van der Waals surface area contributed by atoms with Crippen LogP contribution in [0.5, 0.6) is 0 Å². The van der Waals surface area contributed by atoms with Gasteiger partial charge >= 0.3 is 0 Å². The molecule has 0 aliphatic heterocycles. The first-order chi connectivity index (χ1) is 52.6. The zero-order chi connectivity index (χ0) is 69.5.